The third-order valence-electron chi connectivity index (χ3n) is 10.5. The maximum absolute atomic E-state index is 14.1. The number of aryl methyl sites for hydroxylation is 1. The van der Waals surface area contributed by atoms with Crippen molar-refractivity contribution in [2.24, 2.45) is 0 Å². The minimum absolute atomic E-state index is 0.0266. The van der Waals surface area contributed by atoms with Gasteiger partial charge in [-0.3, -0.25) is 19.7 Å². The summed E-state index contributed by atoms with van der Waals surface area (Å²) in [5.41, 5.74) is 5.41. The van der Waals surface area contributed by atoms with Crippen molar-refractivity contribution in [1.82, 2.24) is 34.9 Å². The number of piperazine rings is 1. The Bertz CT molecular complexity index is 1630. The van der Waals surface area contributed by atoms with Crippen LogP contribution >= 0.6 is 0 Å². The van der Waals surface area contributed by atoms with Crippen LogP contribution in [0.25, 0.3) is 11.0 Å². The highest BCUT2D eigenvalue weighted by molar-refractivity contribution is 5.91. The first kappa shape index (κ1) is 32.3. The molecule has 3 aromatic rings. The van der Waals surface area contributed by atoms with Crippen LogP contribution in [0.5, 0.6) is 0 Å². The van der Waals surface area contributed by atoms with Crippen molar-refractivity contribution in [3.05, 3.63) is 65.5 Å². The van der Waals surface area contributed by atoms with Crippen LogP contribution in [0.2, 0.25) is 0 Å². The molecular weight excluding hydrogens is 608 g/mol. The topological polar surface area (TPSA) is 123 Å². The highest BCUT2D eigenvalue weighted by Crippen LogP contribution is 2.26. The number of benzene rings is 2. The summed E-state index contributed by atoms with van der Waals surface area (Å²) in [5.74, 6) is -0.152. The van der Waals surface area contributed by atoms with E-state index in [-0.39, 0.29) is 24.4 Å². The molecule has 2 aromatic carbocycles. The van der Waals surface area contributed by atoms with Gasteiger partial charge >= 0.3 is 12.1 Å². The second-order valence-corrected chi connectivity index (χ2v) is 13.5. The first-order valence-electron chi connectivity index (χ1n) is 17.5. The van der Waals surface area contributed by atoms with Crippen molar-refractivity contribution in [3.63, 3.8) is 0 Å². The molecule has 1 aromatic heterocycles. The van der Waals surface area contributed by atoms with Crippen LogP contribution in [-0.4, -0.2) is 125 Å². The molecule has 3 fully saturated rings. The lowest BCUT2D eigenvalue weighted by Crippen LogP contribution is -2.56. The average Bonchev–Trinajstić information content (AvgIpc) is 3.29. The Morgan fingerprint density at radius 2 is 1.65 bits per heavy atom. The van der Waals surface area contributed by atoms with E-state index in [0.717, 1.165) is 78.9 Å². The standard InChI is InChI=1S/C36H46N8O4/c1-25-22-26(23-31-33(25)39-14-13-38-31)24-32(34(45)42-20-18-41(19-21-42)28-6-11-37-12-7-28)48-36(47)43-15-9-29(10-16-43)44-17-8-27-4-2-3-5-30(27)40-35(44)46/h2-5,13-14,22-23,28-29,32,37H,6-12,15-21,24H2,1H3,(H,40,46)/t32-/m1/s1. The molecule has 7 rings (SSSR count). The lowest BCUT2D eigenvalue weighted by atomic mass is 10.0. The second kappa shape index (κ2) is 14.4. The van der Waals surface area contributed by atoms with E-state index in [9.17, 15) is 14.4 Å². The molecule has 12 nitrogen and oxygen atoms in total. The van der Waals surface area contributed by atoms with Gasteiger partial charge in [0.05, 0.1) is 11.0 Å². The van der Waals surface area contributed by atoms with Crippen molar-refractivity contribution in [2.75, 3.05) is 64.2 Å². The number of ether oxygens (including phenoxy) is 1. The van der Waals surface area contributed by atoms with Crippen molar-refractivity contribution >= 4 is 34.8 Å². The Balaban J connectivity index is 1.01. The number of para-hydroxylation sites is 1. The maximum Gasteiger partial charge on any atom is 0.410 e. The monoisotopic (exact) mass is 654 g/mol. The summed E-state index contributed by atoms with van der Waals surface area (Å²) in [6.45, 7) is 8.49. The van der Waals surface area contributed by atoms with E-state index in [1.165, 1.54) is 0 Å². The number of fused-ring (bicyclic) bond motifs is 2. The van der Waals surface area contributed by atoms with Crippen LogP contribution in [0.3, 0.4) is 0 Å². The van der Waals surface area contributed by atoms with Gasteiger partial charge in [0.2, 0.25) is 0 Å². The lowest BCUT2D eigenvalue weighted by Gasteiger charge is -2.41. The van der Waals surface area contributed by atoms with Crippen molar-refractivity contribution in [3.8, 4) is 0 Å². The predicted octanol–water partition coefficient (Wildman–Crippen LogP) is 3.44. The minimum Gasteiger partial charge on any atom is -0.436 e. The van der Waals surface area contributed by atoms with Gasteiger partial charge in [0.25, 0.3) is 5.91 Å². The fourth-order valence-electron chi connectivity index (χ4n) is 7.81. The smallest absolute Gasteiger partial charge is 0.410 e. The van der Waals surface area contributed by atoms with Gasteiger partial charge in [-0.15, -0.1) is 0 Å². The number of rotatable bonds is 6. The Morgan fingerprint density at radius 1 is 0.896 bits per heavy atom. The normalized spacial score (nSPS) is 20.6. The molecule has 254 valence electrons. The number of piperidine rings is 2. The number of carbonyl (C=O) groups is 3. The Labute approximate surface area is 281 Å². The van der Waals surface area contributed by atoms with Crippen LogP contribution in [0, 0.1) is 6.92 Å². The van der Waals surface area contributed by atoms with E-state index in [1.54, 1.807) is 17.3 Å². The van der Waals surface area contributed by atoms with Gasteiger partial charge in [0.1, 0.15) is 0 Å². The molecule has 3 saturated heterocycles. The molecule has 4 aliphatic rings. The van der Waals surface area contributed by atoms with Crippen LogP contribution in [0.15, 0.2) is 48.8 Å². The maximum atomic E-state index is 14.1. The molecule has 0 saturated carbocycles. The van der Waals surface area contributed by atoms with Gasteiger partial charge in [0, 0.05) is 82.4 Å². The van der Waals surface area contributed by atoms with E-state index in [0.29, 0.717) is 51.6 Å². The molecule has 0 radical (unpaired) electrons. The van der Waals surface area contributed by atoms with E-state index in [2.05, 4.69) is 31.6 Å². The highest BCUT2D eigenvalue weighted by Gasteiger charge is 2.36. The summed E-state index contributed by atoms with van der Waals surface area (Å²) in [7, 11) is 0. The SMILES string of the molecule is Cc1cc(C[C@@H](OC(=O)N2CCC(N3CCc4ccccc4NC3=O)CC2)C(=O)N2CCN(C3CCNCC3)CC2)cc2nccnc12. The summed E-state index contributed by atoms with van der Waals surface area (Å²) in [4.78, 5) is 57.8. The van der Waals surface area contributed by atoms with Gasteiger partial charge in [-0.25, -0.2) is 9.59 Å². The second-order valence-electron chi connectivity index (χ2n) is 13.5. The first-order valence-corrected chi connectivity index (χ1v) is 17.5. The highest BCUT2D eigenvalue weighted by atomic mass is 16.6. The fourth-order valence-corrected chi connectivity index (χ4v) is 7.81. The average molecular weight is 655 g/mol. The molecule has 48 heavy (non-hydrogen) atoms. The van der Waals surface area contributed by atoms with Crippen LogP contribution in [0.4, 0.5) is 15.3 Å². The number of nitrogens with one attached hydrogen (secondary N) is 2. The summed E-state index contributed by atoms with van der Waals surface area (Å²) in [6.07, 6.45) is 6.51. The Hall–Kier alpha value is -4.29. The third-order valence-corrected chi connectivity index (χ3v) is 10.5. The van der Waals surface area contributed by atoms with Gasteiger partial charge in [-0.2, -0.15) is 0 Å². The molecule has 0 aliphatic carbocycles. The minimum atomic E-state index is -0.955. The molecule has 0 spiro atoms. The summed E-state index contributed by atoms with van der Waals surface area (Å²) in [5, 5.41) is 6.49. The zero-order valence-corrected chi connectivity index (χ0v) is 27.8. The number of nitrogens with zero attached hydrogens (tertiary/aromatic N) is 6. The number of urea groups is 1. The third kappa shape index (κ3) is 7.09. The fraction of sp³-hybridized carbons (Fsp3) is 0.528. The zero-order chi connectivity index (χ0) is 33.0. The molecule has 0 bridgehead atoms. The number of hydrogen-bond donors (Lipinski definition) is 2. The Morgan fingerprint density at radius 3 is 2.44 bits per heavy atom. The van der Waals surface area contributed by atoms with Gasteiger partial charge < -0.3 is 30.1 Å². The van der Waals surface area contributed by atoms with E-state index in [4.69, 9.17) is 4.74 Å². The molecule has 4 aliphatic heterocycles. The lowest BCUT2D eigenvalue weighted by molar-refractivity contribution is -0.143. The van der Waals surface area contributed by atoms with Crippen molar-refractivity contribution in [2.45, 2.75) is 63.6 Å². The number of aromatic nitrogens is 2. The van der Waals surface area contributed by atoms with Gasteiger partial charge in [-0.05, 0) is 80.9 Å². The summed E-state index contributed by atoms with van der Waals surface area (Å²) >= 11 is 0. The quantitative estimate of drug-likeness (QED) is 0.415. The predicted molar refractivity (Wildman–Crippen MR) is 183 cm³/mol. The van der Waals surface area contributed by atoms with Crippen molar-refractivity contribution < 1.29 is 19.1 Å². The number of carbonyl (C=O) groups excluding carboxylic acids is 3. The van der Waals surface area contributed by atoms with Gasteiger partial charge in [-0.1, -0.05) is 24.3 Å². The zero-order valence-electron chi connectivity index (χ0n) is 27.8. The number of amides is 4. The van der Waals surface area contributed by atoms with Gasteiger partial charge in [0.15, 0.2) is 6.10 Å². The largest absolute Gasteiger partial charge is 0.436 e. The summed E-state index contributed by atoms with van der Waals surface area (Å²) in [6, 6.07) is 12.3. The molecule has 0 unspecified atom stereocenters. The molecule has 2 N–H and O–H groups in total. The van der Waals surface area contributed by atoms with E-state index < -0.39 is 12.2 Å². The number of likely N-dealkylation sites (tertiary alicyclic amines) is 1. The molecular formula is C36H46N8O4. The van der Waals surface area contributed by atoms with Crippen LogP contribution in [-0.2, 0) is 22.4 Å². The van der Waals surface area contributed by atoms with E-state index >= 15 is 0 Å². The van der Waals surface area contributed by atoms with Crippen LogP contribution < -0.4 is 10.6 Å². The Kier molecular flexibility index (Phi) is 9.71. The number of anilines is 1. The summed E-state index contributed by atoms with van der Waals surface area (Å²) < 4.78 is 6.11. The van der Waals surface area contributed by atoms with Crippen molar-refractivity contribution in [1.29, 1.82) is 0 Å². The number of hydrogen-bond acceptors (Lipinski definition) is 8. The molecule has 5 heterocycles. The first-order chi connectivity index (χ1) is 23.4. The van der Waals surface area contributed by atoms with Crippen LogP contribution in [0.1, 0.15) is 42.4 Å². The van der Waals surface area contributed by atoms with E-state index in [1.807, 2.05) is 47.1 Å². The molecule has 12 heteroatoms. The molecule has 1 atom stereocenters. The molecule has 4 amide bonds.